The van der Waals surface area contributed by atoms with Crippen LogP contribution >= 0.6 is 0 Å². The summed E-state index contributed by atoms with van der Waals surface area (Å²) in [6.07, 6.45) is 1.85. The topological polar surface area (TPSA) is 47.0 Å². The molecular formula is C12H14N2O2. The van der Waals surface area contributed by atoms with Crippen molar-refractivity contribution < 1.29 is 4.74 Å². The molecule has 0 saturated carbocycles. The van der Waals surface area contributed by atoms with Gasteiger partial charge in [0.1, 0.15) is 6.23 Å². The van der Waals surface area contributed by atoms with Gasteiger partial charge in [-0.25, -0.2) is 4.79 Å². The Morgan fingerprint density at radius 2 is 2.38 bits per heavy atom. The minimum absolute atomic E-state index is 0.0730. The first kappa shape index (κ1) is 9.66. The molecule has 0 amide bonds. The second kappa shape index (κ2) is 3.49. The van der Waals surface area contributed by atoms with E-state index < -0.39 is 0 Å². The summed E-state index contributed by atoms with van der Waals surface area (Å²) in [4.78, 5) is 14.8. The second-order valence-corrected chi connectivity index (χ2v) is 4.24. The largest absolute Gasteiger partial charge is 0.358 e. The van der Waals surface area contributed by atoms with Gasteiger partial charge in [-0.05, 0) is 31.4 Å². The molecule has 3 rings (SSSR count). The van der Waals surface area contributed by atoms with Crippen LogP contribution in [0.2, 0.25) is 0 Å². The lowest BCUT2D eigenvalue weighted by Crippen LogP contribution is -2.21. The number of ether oxygens (including phenoxy) is 1. The van der Waals surface area contributed by atoms with Crippen LogP contribution in [-0.2, 0) is 4.74 Å². The molecular weight excluding hydrogens is 204 g/mol. The molecule has 4 nitrogen and oxygen atoms in total. The zero-order valence-corrected chi connectivity index (χ0v) is 9.19. The summed E-state index contributed by atoms with van der Waals surface area (Å²) in [5.41, 5.74) is 2.89. The number of aromatic nitrogens is 2. The molecule has 0 bridgehead atoms. The minimum atomic E-state index is -0.0950. The van der Waals surface area contributed by atoms with Crippen molar-refractivity contribution in [2.75, 3.05) is 6.61 Å². The zero-order valence-electron chi connectivity index (χ0n) is 9.19. The highest BCUT2D eigenvalue weighted by Crippen LogP contribution is 2.26. The van der Waals surface area contributed by atoms with E-state index in [2.05, 4.69) is 4.98 Å². The summed E-state index contributed by atoms with van der Waals surface area (Å²) < 4.78 is 7.33. The quantitative estimate of drug-likeness (QED) is 0.795. The highest BCUT2D eigenvalue weighted by atomic mass is 16.5. The van der Waals surface area contributed by atoms with Crippen molar-refractivity contribution >= 4 is 11.0 Å². The van der Waals surface area contributed by atoms with Gasteiger partial charge in [0, 0.05) is 6.61 Å². The molecule has 0 spiro atoms. The summed E-state index contributed by atoms with van der Waals surface area (Å²) >= 11 is 0. The fourth-order valence-corrected chi connectivity index (χ4v) is 2.40. The van der Waals surface area contributed by atoms with Crippen LogP contribution in [0, 0.1) is 6.92 Å². The number of nitrogens with one attached hydrogen (secondary N) is 1. The average molecular weight is 218 g/mol. The molecule has 0 aliphatic carbocycles. The third kappa shape index (κ3) is 1.30. The Bertz CT molecular complexity index is 576. The van der Waals surface area contributed by atoms with Gasteiger partial charge in [0.15, 0.2) is 0 Å². The summed E-state index contributed by atoms with van der Waals surface area (Å²) in [5.74, 6) is 0. The van der Waals surface area contributed by atoms with Gasteiger partial charge in [-0.1, -0.05) is 12.1 Å². The summed E-state index contributed by atoms with van der Waals surface area (Å²) in [6.45, 7) is 2.76. The van der Waals surface area contributed by atoms with Crippen LogP contribution in [0.1, 0.15) is 24.6 Å². The molecule has 2 aromatic rings. The number of fused-ring (bicyclic) bond motifs is 1. The zero-order chi connectivity index (χ0) is 11.1. The number of aryl methyl sites for hydroxylation is 1. The smallest absolute Gasteiger partial charge is 0.328 e. The van der Waals surface area contributed by atoms with Crippen molar-refractivity contribution in [2.24, 2.45) is 0 Å². The first-order chi connectivity index (χ1) is 7.77. The molecule has 0 radical (unpaired) electrons. The maximum atomic E-state index is 11.9. The monoisotopic (exact) mass is 218 g/mol. The van der Waals surface area contributed by atoms with Gasteiger partial charge in [0.25, 0.3) is 0 Å². The Morgan fingerprint density at radius 3 is 3.12 bits per heavy atom. The van der Waals surface area contributed by atoms with E-state index in [9.17, 15) is 4.79 Å². The number of aromatic amines is 1. The maximum Gasteiger partial charge on any atom is 0.328 e. The van der Waals surface area contributed by atoms with Crippen LogP contribution in [-0.4, -0.2) is 16.2 Å². The number of hydrogen-bond acceptors (Lipinski definition) is 2. The van der Waals surface area contributed by atoms with Crippen LogP contribution in [0.3, 0.4) is 0 Å². The molecule has 1 N–H and O–H groups in total. The van der Waals surface area contributed by atoms with Crippen molar-refractivity contribution in [3.05, 3.63) is 34.2 Å². The molecule has 16 heavy (non-hydrogen) atoms. The van der Waals surface area contributed by atoms with E-state index >= 15 is 0 Å². The number of hydrogen-bond donors (Lipinski definition) is 1. The number of imidazole rings is 1. The molecule has 1 atom stereocenters. The molecule has 1 aromatic carbocycles. The minimum Gasteiger partial charge on any atom is -0.358 e. The van der Waals surface area contributed by atoms with Gasteiger partial charge in [-0.3, -0.25) is 4.57 Å². The van der Waals surface area contributed by atoms with Gasteiger partial charge >= 0.3 is 5.69 Å². The highest BCUT2D eigenvalue weighted by molar-refractivity contribution is 5.78. The SMILES string of the molecule is Cc1cccc2[nH]c(=O)n(C3CCCO3)c12. The molecule has 2 heterocycles. The van der Waals surface area contributed by atoms with Gasteiger partial charge in [0.2, 0.25) is 0 Å². The van der Waals surface area contributed by atoms with Gasteiger partial charge in [-0.2, -0.15) is 0 Å². The Balaban J connectivity index is 2.29. The van der Waals surface area contributed by atoms with E-state index in [4.69, 9.17) is 4.74 Å². The Morgan fingerprint density at radius 1 is 1.50 bits per heavy atom. The third-order valence-corrected chi connectivity index (χ3v) is 3.13. The molecule has 1 saturated heterocycles. The van der Waals surface area contributed by atoms with Crippen LogP contribution in [0.5, 0.6) is 0 Å². The van der Waals surface area contributed by atoms with Crippen LogP contribution in [0.15, 0.2) is 23.0 Å². The second-order valence-electron chi connectivity index (χ2n) is 4.24. The van der Waals surface area contributed by atoms with Crippen molar-refractivity contribution in [3.8, 4) is 0 Å². The Labute approximate surface area is 92.8 Å². The van der Waals surface area contributed by atoms with Crippen LogP contribution in [0.25, 0.3) is 11.0 Å². The summed E-state index contributed by atoms with van der Waals surface area (Å²) in [5, 5.41) is 0. The fourth-order valence-electron chi connectivity index (χ4n) is 2.40. The average Bonchev–Trinajstić information content (AvgIpc) is 2.84. The summed E-state index contributed by atoms with van der Waals surface area (Å²) in [7, 11) is 0. The van der Waals surface area contributed by atoms with E-state index in [1.165, 1.54) is 0 Å². The van der Waals surface area contributed by atoms with Crippen LogP contribution < -0.4 is 5.69 Å². The molecule has 84 valence electrons. The molecule has 4 heteroatoms. The van der Waals surface area contributed by atoms with Crippen molar-refractivity contribution in [2.45, 2.75) is 26.0 Å². The van der Waals surface area contributed by atoms with Crippen molar-refractivity contribution in [1.82, 2.24) is 9.55 Å². The van der Waals surface area contributed by atoms with Crippen molar-refractivity contribution in [1.29, 1.82) is 0 Å². The first-order valence-electron chi connectivity index (χ1n) is 5.59. The van der Waals surface area contributed by atoms with Gasteiger partial charge in [0.05, 0.1) is 11.0 Å². The lowest BCUT2D eigenvalue weighted by atomic mass is 10.2. The Hall–Kier alpha value is -1.55. The van der Waals surface area contributed by atoms with Gasteiger partial charge < -0.3 is 9.72 Å². The van der Waals surface area contributed by atoms with E-state index in [1.54, 1.807) is 4.57 Å². The van der Waals surface area contributed by atoms with E-state index in [0.717, 1.165) is 36.0 Å². The van der Waals surface area contributed by atoms with E-state index in [0.29, 0.717) is 0 Å². The molecule has 1 aliphatic rings. The van der Waals surface area contributed by atoms with E-state index in [-0.39, 0.29) is 11.9 Å². The lowest BCUT2D eigenvalue weighted by molar-refractivity contribution is 0.0573. The number of rotatable bonds is 1. The number of para-hydroxylation sites is 1. The molecule has 1 aromatic heterocycles. The number of H-pyrrole nitrogens is 1. The normalized spacial score (nSPS) is 20.7. The number of benzene rings is 1. The first-order valence-corrected chi connectivity index (χ1v) is 5.59. The molecule has 1 fully saturated rings. The van der Waals surface area contributed by atoms with Crippen LogP contribution in [0.4, 0.5) is 0 Å². The predicted octanol–water partition coefficient (Wildman–Crippen LogP) is 1.95. The molecule has 1 aliphatic heterocycles. The predicted molar refractivity (Wildman–Crippen MR) is 61.5 cm³/mol. The lowest BCUT2D eigenvalue weighted by Gasteiger charge is -2.12. The van der Waals surface area contributed by atoms with Gasteiger partial charge in [-0.15, -0.1) is 0 Å². The van der Waals surface area contributed by atoms with Crippen molar-refractivity contribution in [3.63, 3.8) is 0 Å². The highest BCUT2D eigenvalue weighted by Gasteiger charge is 2.22. The summed E-state index contributed by atoms with van der Waals surface area (Å²) in [6, 6.07) is 5.89. The van der Waals surface area contributed by atoms with E-state index in [1.807, 2.05) is 25.1 Å². The fraction of sp³-hybridized carbons (Fsp3) is 0.417. The maximum absolute atomic E-state index is 11.9. The third-order valence-electron chi connectivity index (χ3n) is 3.13. The number of nitrogens with zero attached hydrogens (tertiary/aromatic N) is 1. The standard InChI is InChI=1S/C12H14N2O2/c1-8-4-2-5-9-11(8)14(12(15)13-9)10-6-3-7-16-10/h2,4-5,10H,3,6-7H2,1H3,(H,13,15). The molecule has 1 unspecified atom stereocenters. The Kier molecular flexibility index (Phi) is 2.11.